The Kier molecular flexibility index (Phi) is 5.95. The molecule has 0 aliphatic rings. The van der Waals surface area contributed by atoms with Crippen molar-refractivity contribution in [2.45, 2.75) is 19.9 Å². The van der Waals surface area contributed by atoms with Gasteiger partial charge in [0.25, 0.3) is 5.91 Å². The molecule has 0 unspecified atom stereocenters. The first-order chi connectivity index (χ1) is 11.6. The first-order valence-electron chi connectivity index (χ1n) is 8.00. The number of aromatic hydroxyl groups is 1. The molecule has 24 heavy (non-hydrogen) atoms. The van der Waals surface area contributed by atoms with Crippen molar-refractivity contribution in [3.05, 3.63) is 65.7 Å². The number of hydrogen-bond donors (Lipinski definition) is 2. The van der Waals surface area contributed by atoms with Gasteiger partial charge in [0.1, 0.15) is 11.8 Å². The fourth-order valence-electron chi connectivity index (χ4n) is 2.51. The lowest BCUT2D eigenvalue weighted by Crippen LogP contribution is -2.42. The van der Waals surface area contributed by atoms with Crippen LogP contribution in [0.4, 0.5) is 0 Å². The van der Waals surface area contributed by atoms with E-state index in [4.69, 9.17) is 0 Å². The molecule has 5 heteroatoms. The number of likely N-dealkylation sites (N-methyl/N-ethyl adjacent to an activating group) is 1. The van der Waals surface area contributed by atoms with Gasteiger partial charge in [0.2, 0.25) is 5.91 Å². The van der Waals surface area contributed by atoms with Gasteiger partial charge in [0, 0.05) is 18.7 Å². The number of amides is 2. The Labute approximate surface area is 141 Å². The topological polar surface area (TPSA) is 69.6 Å². The van der Waals surface area contributed by atoms with Gasteiger partial charge in [0.15, 0.2) is 0 Å². The highest BCUT2D eigenvalue weighted by atomic mass is 16.3. The lowest BCUT2D eigenvalue weighted by Gasteiger charge is -2.26. The predicted octanol–water partition coefficient (Wildman–Crippen LogP) is 2.73. The minimum absolute atomic E-state index is 0.00832. The van der Waals surface area contributed by atoms with Gasteiger partial charge < -0.3 is 15.3 Å². The van der Waals surface area contributed by atoms with E-state index in [0.717, 1.165) is 5.56 Å². The number of hydrogen-bond acceptors (Lipinski definition) is 3. The van der Waals surface area contributed by atoms with Gasteiger partial charge >= 0.3 is 0 Å². The van der Waals surface area contributed by atoms with Gasteiger partial charge in [-0.15, -0.1) is 0 Å². The molecule has 0 saturated heterocycles. The highest BCUT2D eigenvalue weighted by molar-refractivity contribution is 5.98. The van der Waals surface area contributed by atoms with Crippen molar-refractivity contribution in [2.75, 3.05) is 13.1 Å². The number of phenolic OH excluding ortho intramolecular Hbond substituents is 1. The number of rotatable bonds is 6. The monoisotopic (exact) mass is 326 g/mol. The molecule has 5 nitrogen and oxygen atoms in total. The lowest BCUT2D eigenvalue weighted by molar-refractivity contribution is -0.133. The van der Waals surface area contributed by atoms with E-state index in [0.29, 0.717) is 18.7 Å². The molecule has 2 aromatic rings. The Hall–Kier alpha value is -2.82. The quantitative estimate of drug-likeness (QED) is 0.857. The average Bonchev–Trinajstić information content (AvgIpc) is 2.61. The molecule has 0 radical (unpaired) electrons. The van der Waals surface area contributed by atoms with Gasteiger partial charge in [-0.25, -0.2) is 0 Å². The van der Waals surface area contributed by atoms with Crippen LogP contribution in [0.15, 0.2) is 54.6 Å². The highest BCUT2D eigenvalue weighted by Crippen LogP contribution is 2.18. The summed E-state index contributed by atoms with van der Waals surface area (Å²) < 4.78 is 0. The summed E-state index contributed by atoms with van der Waals surface area (Å²) in [7, 11) is 0. The summed E-state index contributed by atoms with van der Waals surface area (Å²) in [6.45, 7) is 4.95. The van der Waals surface area contributed by atoms with Crippen molar-refractivity contribution in [2.24, 2.45) is 0 Å². The smallest absolute Gasteiger partial charge is 0.252 e. The number of benzene rings is 2. The van der Waals surface area contributed by atoms with Gasteiger partial charge in [-0.3, -0.25) is 9.59 Å². The SMILES string of the molecule is CCN(CC)C(=O)[C@H](NC(=O)c1cccc(O)c1)c1ccccc1. The van der Waals surface area contributed by atoms with Crippen molar-refractivity contribution >= 4 is 11.8 Å². The van der Waals surface area contributed by atoms with Crippen LogP contribution in [0.5, 0.6) is 5.75 Å². The summed E-state index contributed by atoms with van der Waals surface area (Å²) >= 11 is 0. The first-order valence-corrected chi connectivity index (χ1v) is 8.00. The standard InChI is InChI=1S/C19H22N2O3/c1-3-21(4-2)19(24)17(14-9-6-5-7-10-14)20-18(23)15-11-8-12-16(22)13-15/h5-13,17,22H,3-4H2,1-2H3,(H,20,23)/t17-/m1/s1. The van der Waals surface area contributed by atoms with Gasteiger partial charge in [-0.1, -0.05) is 36.4 Å². The molecule has 0 bridgehead atoms. The molecule has 2 amide bonds. The second kappa shape index (κ2) is 8.15. The Morgan fingerprint density at radius 3 is 2.29 bits per heavy atom. The van der Waals surface area contributed by atoms with Crippen molar-refractivity contribution in [1.29, 1.82) is 0 Å². The summed E-state index contributed by atoms with van der Waals surface area (Å²) in [6, 6.07) is 14.4. The van der Waals surface area contributed by atoms with Gasteiger partial charge in [-0.05, 0) is 37.6 Å². The van der Waals surface area contributed by atoms with Gasteiger partial charge in [-0.2, -0.15) is 0 Å². The minimum atomic E-state index is -0.763. The Morgan fingerprint density at radius 1 is 1.04 bits per heavy atom. The van der Waals surface area contributed by atoms with Crippen molar-refractivity contribution < 1.29 is 14.7 Å². The maximum Gasteiger partial charge on any atom is 0.252 e. The molecule has 0 spiro atoms. The second-order valence-corrected chi connectivity index (χ2v) is 5.38. The average molecular weight is 326 g/mol. The van der Waals surface area contributed by atoms with Crippen molar-refractivity contribution in [1.82, 2.24) is 10.2 Å². The fourth-order valence-corrected chi connectivity index (χ4v) is 2.51. The van der Waals surface area contributed by atoms with Crippen LogP contribution in [0.25, 0.3) is 0 Å². The third kappa shape index (κ3) is 4.13. The zero-order chi connectivity index (χ0) is 17.5. The van der Waals surface area contributed by atoms with Crippen molar-refractivity contribution in [3.8, 4) is 5.75 Å². The molecule has 126 valence electrons. The van der Waals surface area contributed by atoms with Crippen LogP contribution in [-0.2, 0) is 4.79 Å². The third-order valence-electron chi connectivity index (χ3n) is 3.84. The van der Waals surface area contributed by atoms with E-state index < -0.39 is 11.9 Å². The first kappa shape index (κ1) is 17.5. The Bertz CT molecular complexity index is 697. The Morgan fingerprint density at radius 2 is 1.71 bits per heavy atom. The second-order valence-electron chi connectivity index (χ2n) is 5.38. The molecular formula is C19H22N2O3. The number of carbonyl (C=O) groups is 2. The molecular weight excluding hydrogens is 304 g/mol. The van der Waals surface area contributed by atoms with E-state index >= 15 is 0 Å². The largest absolute Gasteiger partial charge is 0.508 e. The fraction of sp³-hybridized carbons (Fsp3) is 0.263. The van der Waals surface area contributed by atoms with Crippen LogP contribution < -0.4 is 5.32 Å². The highest BCUT2D eigenvalue weighted by Gasteiger charge is 2.26. The van der Waals surface area contributed by atoms with Crippen LogP contribution in [0.1, 0.15) is 35.8 Å². The molecule has 0 aromatic heterocycles. The molecule has 0 fully saturated rings. The van der Waals surface area contributed by atoms with E-state index in [1.165, 1.54) is 12.1 Å². The van der Waals surface area contributed by atoms with Crippen LogP contribution in [0, 0.1) is 0 Å². The number of phenols is 1. The summed E-state index contributed by atoms with van der Waals surface area (Å²) in [6.07, 6.45) is 0. The summed E-state index contributed by atoms with van der Waals surface area (Å²) in [5, 5.41) is 12.3. The summed E-state index contributed by atoms with van der Waals surface area (Å²) in [4.78, 5) is 27.0. The number of nitrogens with one attached hydrogen (secondary N) is 1. The number of carbonyl (C=O) groups excluding carboxylic acids is 2. The van der Waals surface area contributed by atoms with Crippen LogP contribution in [0.3, 0.4) is 0 Å². The lowest BCUT2D eigenvalue weighted by atomic mass is 10.0. The summed E-state index contributed by atoms with van der Waals surface area (Å²) in [5.74, 6) is -0.547. The molecule has 2 N–H and O–H groups in total. The predicted molar refractivity (Wildman–Crippen MR) is 92.7 cm³/mol. The molecule has 0 aliphatic carbocycles. The van der Waals surface area contributed by atoms with E-state index in [1.54, 1.807) is 17.0 Å². The number of nitrogens with zero attached hydrogens (tertiary/aromatic N) is 1. The molecule has 0 saturated carbocycles. The van der Waals surface area contributed by atoms with Crippen LogP contribution >= 0.6 is 0 Å². The van der Waals surface area contributed by atoms with Gasteiger partial charge in [0.05, 0.1) is 0 Å². The zero-order valence-electron chi connectivity index (χ0n) is 13.9. The molecule has 2 aromatic carbocycles. The molecule has 2 rings (SSSR count). The molecule has 0 aliphatic heterocycles. The van der Waals surface area contributed by atoms with Crippen LogP contribution in [-0.4, -0.2) is 34.9 Å². The van der Waals surface area contributed by atoms with Crippen molar-refractivity contribution in [3.63, 3.8) is 0 Å². The van der Waals surface area contributed by atoms with E-state index in [1.807, 2.05) is 44.2 Å². The molecule has 1 atom stereocenters. The zero-order valence-corrected chi connectivity index (χ0v) is 13.9. The maximum atomic E-state index is 12.8. The maximum absolute atomic E-state index is 12.8. The van der Waals surface area contributed by atoms with Crippen LogP contribution in [0.2, 0.25) is 0 Å². The van der Waals surface area contributed by atoms with E-state index in [9.17, 15) is 14.7 Å². The minimum Gasteiger partial charge on any atom is -0.508 e. The Balaban J connectivity index is 2.29. The third-order valence-corrected chi connectivity index (χ3v) is 3.84. The molecule has 0 heterocycles. The normalized spacial score (nSPS) is 11.6. The summed E-state index contributed by atoms with van der Waals surface area (Å²) in [5.41, 5.74) is 1.03. The van der Waals surface area contributed by atoms with E-state index in [2.05, 4.69) is 5.32 Å². The van der Waals surface area contributed by atoms with E-state index in [-0.39, 0.29) is 11.7 Å².